The maximum atomic E-state index is 12.9. The summed E-state index contributed by atoms with van der Waals surface area (Å²) < 4.78 is 2.01. The number of thioether (sulfide) groups is 1. The molecule has 0 bridgehead atoms. The molecule has 31 heavy (non-hydrogen) atoms. The van der Waals surface area contributed by atoms with Gasteiger partial charge in [0.25, 0.3) is 11.5 Å². The minimum atomic E-state index is -0.356. The first kappa shape index (κ1) is 22.8. The van der Waals surface area contributed by atoms with Gasteiger partial charge in [-0.15, -0.1) is 0 Å². The molecule has 8 heteroatoms. The Hall–Kier alpha value is -2.89. The number of nitriles is 1. The summed E-state index contributed by atoms with van der Waals surface area (Å²) in [6.07, 6.45) is 2.57. The van der Waals surface area contributed by atoms with Crippen LogP contribution >= 0.6 is 24.0 Å². The van der Waals surface area contributed by atoms with E-state index in [0.29, 0.717) is 39.3 Å². The van der Waals surface area contributed by atoms with E-state index >= 15 is 0 Å². The molecule has 0 unspecified atom stereocenters. The van der Waals surface area contributed by atoms with Crippen LogP contribution in [-0.4, -0.2) is 33.3 Å². The second-order valence-corrected chi connectivity index (χ2v) is 9.06. The molecule has 2 aromatic rings. The number of hydrogen-bond donors (Lipinski definition) is 0. The molecule has 3 rings (SSSR count). The minimum Gasteiger partial charge on any atom is -0.356 e. The van der Waals surface area contributed by atoms with Gasteiger partial charge in [-0.1, -0.05) is 61.2 Å². The van der Waals surface area contributed by atoms with Gasteiger partial charge in [-0.2, -0.15) is 5.26 Å². The molecule has 1 aliphatic rings. The monoisotopic (exact) mass is 452 g/mol. The van der Waals surface area contributed by atoms with Crippen LogP contribution in [0.25, 0.3) is 6.08 Å². The summed E-state index contributed by atoms with van der Waals surface area (Å²) in [6, 6.07) is 11.9. The Kier molecular flexibility index (Phi) is 6.98. The first-order chi connectivity index (χ1) is 14.8. The Balaban J connectivity index is 2.16. The van der Waals surface area contributed by atoms with Gasteiger partial charge >= 0.3 is 0 Å². The zero-order chi connectivity index (χ0) is 22.7. The summed E-state index contributed by atoms with van der Waals surface area (Å²) >= 11 is 6.64. The minimum absolute atomic E-state index is 0.0784. The van der Waals surface area contributed by atoms with Gasteiger partial charge in [-0.3, -0.25) is 19.1 Å². The second kappa shape index (κ2) is 9.50. The Morgan fingerprint density at radius 1 is 1.26 bits per heavy atom. The highest BCUT2D eigenvalue weighted by Gasteiger charge is 2.32. The molecule has 1 aliphatic heterocycles. The zero-order valence-electron chi connectivity index (χ0n) is 18.0. The van der Waals surface area contributed by atoms with Crippen molar-refractivity contribution in [2.45, 2.75) is 26.8 Å². The number of aromatic nitrogens is 1. The van der Waals surface area contributed by atoms with Gasteiger partial charge < -0.3 is 4.90 Å². The van der Waals surface area contributed by atoms with E-state index in [1.807, 2.05) is 55.3 Å². The third-order valence-corrected chi connectivity index (χ3v) is 6.57. The normalized spacial score (nSPS) is 14.9. The molecule has 1 aromatic carbocycles. The third-order valence-electron chi connectivity index (χ3n) is 5.19. The lowest BCUT2D eigenvalue weighted by Crippen LogP contribution is -2.31. The molecule has 0 N–H and O–H groups in total. The smallest absolute Gasteiger partial charge is 0.270 e. The summed E-state index contributed by atoms with van der Waals surface area (Å²) in [4.78, 5) is 29.8. The van der Waals surface area contributed by atoms with Crippen molar-refractivity contribution in [3.8, 4) is 6.07 Å². The lowest BCUT2D eigenvalue weighted by atomic mass is 10.0. The fourth-order valence-corrected chi connectivity index (χ4v) is 4.94. The first-order valence-corrected chi connectivity index (χ1v) is 11.2. The Morgan fingerprint density at radius 2 is 1.94 bits per heavy atom. The van der Waals surface area contributed by atoms with Gasteiger partial charge in [0.05, 0.1) is 4.91 Å². The molecule has 160 valence electrons. The van der Waals surface area contributed by atoms with Crippen LogP contribution in [0.3, 0.4) is 0 Å². The molecule has 1 fully saturated rings. The number of carbonyl (C=O) groups excluding carboxylic acids is 1. The molecule has 0 atom stereocenters. The van der Waals surface area contributed by atoms with E-state index in [1.165, 1.54) is 16.3 Å². The van der Waals surface area contributed by atoms with Crippen molar-refractivity contribution in [2.75, 3.05) is 18.5 Å². The van der Waals surface area contributed by atoms with Crippen LogP contribution in [-0.2, 0) is 18.4 Å². The maximum Gasteiger partial charge on any atom is 0.270 e. The first-order valence-electron chi connectivity index (χ1n) is 9.94. The largest absolute Gasteiger partial charge is 0.356 e. The van der Waals surface area contributed by atoms with E-state index in [2.05, 4.69) is 0 Å². The number of carbonyl (C=O) groups is 1. The van der Waals surface area contributed by atoms with Gasteiger partial charge in [-0.25, -0.2) is 0 Å². The Morgan fingerprint density at radius 3 is 2.55 bits per heavy atom. The predicted octanol–water partition coefficient (Wildman–Crippen LogP) is 3.81. The average molecular weight is 453 g/mol. The zero-order valence-corrected chi connectivity index (χ0v) is 19.6. The van der Waals surface area contributed by atoms with Crippen LogP contribution in [0.15, 0.2) is 40.0 Å². The van der Waals surface area contributed by atoms with Crippen molar-refractivity contribution >= 4 is 46.1 Å². The molecule has 2 heterocycles. The fourth-order valence-electron chi connectivity index (χ4n) is 3.65. The average Bonchev–Trinajstić information content (AvgIpc) is 3.01. The Labute approximate surface area is 191 Å². The summed E-state index contributed by atoms with van der Waals surface area (Å²) in [6.45, 7) is 4.88. The predicted molar refractivity (Wildman–Crippen MR) is 130 cm³/mol. The lowest BCUT2D eigenvalue weighted by Gasteiger charge is -2.26. The van der Waals surface area contributed by atoms with Crippen LogP contribution in [0.5, 0.6) is 0 Å². The summed E-state index contributed by atoms with van der Waals surface area (Å²) in [5.74, 6) is 0.506. The van der Waals surface area contributed by atoms with E-state index in [9.17, 15) is 14.9 Å². The van der Waals surface area contributed by atoms with Crippen molar-refractivity contribution in [1.29, 1.82) is 5.26 Å². The number of thiocarbonyl (C=S) groups is 1. The van der Waals surface area contributed by atoms with E-state index < -0.39 is 0 Å². The van der Waals surface area contributed by atoms with Crippen LogP contribution < -0.4 is 10.5 Å². The summed E-state index contributed by atoms with van der Waals surface area (Å²) in [5, 5.41) is 9.58. The highest BCUT2D eigenvalue weighted by atomic mass is 32.2. The van der Waals surface area contributed by atoms with Gasteiger partial charge in [-0.05, 0) is 30.5 Å². The van der Waals surface area contributed by atoms with Gasteiger partial charge in [0.15, 0.2) is 0 Å². The van der Waals surface area contributed by atoms with E-state index in [4.69, 9.17) is 12.2 Å². The second-order valence-electron chi connectivity index (χ2n) is 7.39. The SMILES string of the molecule is CCCN1C(=O)/C(=C/c2c(C)c(C#N)c(=O)n(C)c2N(C)Cc2ccccc2)SC1=S. The van der Waals surface area contributed by atoms with Crippen LogP contribution in [0, 0.1) is 18.3 Å². The number of amides is 1. The van der Waals surface area contributed by atoms with Crippen molar-refractivity contribution in [2.24, 2.45) is 7.05 Å². The molecule has 0 radical (unpaired) electrons. The van der Waals surface area contributed by atoms with Crippen molar-refractivity contribution in [3.63, 3.8) is 0 Å². The standard InChI is InChI=1S/C23H24N4O2S2/c1-5-11-27-22(29)19(31-23(27)30)12-17-15(2)18(13-24)21(28)26(4)20(17)25(3)14-16-9-7-6-8-10-16/h6-10,12H,5,11,14H2,1-4H3/b19-12-. The topological polar surface area (TPSA) is 69.3 Å². The molecule has 0 saturated carbocycles. The highest BCUT2D eigenvalue weighted by Crippen LogP contribution is 2.35. The molecule has 6 nitrogen and oxygen atoms in total. The van der Waals surface area contributed by atoms with Gasteiger partial charge in [0.1, 0.15) is 21.8 Å². The number of nitrogens with zero attached hydrogens (tertiary/aromatic N) is 4. The van der Waals surface area contributed by atoms with E-state index in [1.54, 1.807) is 24.9 Å². The lowest BCUT2D eigenvalue weighted by molar-refractivity contribution is -0.122. The Bertz CT molecular complexity index is 1160. The summed E-state index contributed by atoms with van der Waals surface area (Å²) in [5.41, 5.74) is 2.04. The van der Waals surface area contributed by atoms with Crippen molar-refractivity contribution < 1.29 is 4.79 Å². The molecular weight excluding hydrogens is 428 g/mol. The molecule has 0 aliphatic carbocycles. The highest BCUT2D eigenvalue weighted by molar-refractivity contribution is 8.26. The molecule has 1 aromatic heterocycles. The number of anilines is 1. The summed E-state index contributed by atoms with van der Waals surface area (Å²) in [7, 11) is 3.55. The molecular formula is C23H24N4O2S2. The fraction of sp³-hybridized carbons (Fsp3) is 0.304. The number of rotatable bonds is 6. The van der Waals surface area contributed by atoms with Crippen molar-refractivity contribution in [3.05, 3.63) is 67.8 Å². The van der Waals surface area contributed by atoms with Gasteiger partial charge in [0.2, 0.25) is 0 Å². The van der Waals surface area contributed by atoms with Crippen LogP contribution in [0.2, 0.25) is 0 Å². The molecule has 0 spiro atoms. The number of pyridine rings is 1. The van der Waals surface area contributed by atoms with Crippen LogP contribution in [0.4, 0.5) is 5.82 Å². The molecule has 1 amide bonds. The van der Waals surface area contributed by atoms with E-state index in [0.717, 1.165) is 12.0 Å². The van der Waals surface area contributed by atoms with Gasteiger partial charge in [0, 0.05) is 32.7 Å². The van der Waals surface area contributed by atoms with Crippen LogP contribution in [0.1, 0.15) is 35.6 Å². The molecule has 1 saturated heterocycles. The number of benzene rings is 1. The maximum absolute atomic E-state index is 12.9. The number of hydrogen-bond acceptors (Lipinski definition) is 6. The van der Waals surface area contributed by atoms with Crippen molar-refractivity contribution in [1.82, 2.24) is 9.47 Å². The van der Waals surface area contributed by atoms with E-state index in [-0.39, 0.29) is 17.0 Å². The quantitative estimate of drug-likeness (QED) is 0.490. The third kappa shape index (κ3) is 4.43.